The summed E-state index contributed by atoms with van der Waals surface area (Å²) in [6, 6.07) is 21.4. The van der Waals surface area contributed by atoms with Crippen LogP contribution >= 0.6 is 11.8 Å². The van der Waals surface area contributed by atoms with E-state index in [1.54, 1.807) is 48.5 Å². The highest BCUT2D eigenvalue weighted by Crippen LogP contribution is 2.28. The molecule has 0 aromatic heterocycles. The molecular weight excluding hydrogens is 436 g/mol. The van der Waals surface area contributed by atoms with E-state index >= 15 is 0 Å². The zero-order valence-corrected chi connectivity index (χ0v) is 19.1. The maximum atomic E-state index is 12.8. The Balaban J connectivity index is 2.41. The van der Waals surface area contributed by atoms with Crippen molar-refractivity contribution in [1.82, 2.24) is 10.6 Å². The maximum absolute atomic E-state index is 12.8. The first-order valence-corrected chi connectivity index (χ1v) is 11.0. The van der Waals surface area contributed by atoms with Gasteiger partial charge >= 0.3 is 0 Å². The molecule has 0 saturated carbocycles. The molecule has 2 amide bonds. The average molecular weight is 461 g/mol. The van der Waals surface area contributed by atoms with Gasteiger partial charge in [-0.1, -0.05) is 48.2 Å². The number of nitriles is 2. The molecule has 0 spiro atoms. The molecule has 4 N–H and O–H groups in total. The lowest BCUT2D eigenvalue weighted by Crippen LogP contribution is -2.24. The van der Waals surface area contributed by atoms with E-state index < -0.39 is 11.8 Å². The van der Waals surface area contributed by atoms with Crippen molar-refractivity contribution in [1.29, 1.82) is 10.5 Å². The topological polar surface area (TPSA) is 130 Å². The van der Waals surface area contributed by atoms with E-state index in [1.165, 1.54) is 0 Å². The van der Waals surface area contributed by atoms with Gasteiger partial charge in [0.1, 0.15) is 23.3 Å². The van der Waals surface area contributed by atoms with Gasteiger partial charge in [-0.15, -0.1) is 0 Å². The Kier molecular flexibility index (Phi) is 10.1. The van der Waals surface area contributed by atoms with E-state index in [1.807, 2.05) is 38.1 Å². The summed E-state index contributed by atoms with van der Waals surface area (Å²) < 4.78 is 0. The van der Waals surface area contributed by atoms with E-state index in [-0.39, 0.29) is 21.2 Å². The monoisotopic (exact) mass is 460 g/mol. The van der Waals surface area contributed by atoms with Crippen LogP contribution in [0.15, 0.2) is 81.9 Å². The molecule has 0 unspecified atom stereocenters. The molecule has 0 fully saturated rings. The van der Waals surface area contributed by atoms with Gasteiger partial charge in [-0.05, 0) is 38.1 Å². The minimum Gasteiger partial charge on any atom is -0.379 e. The van der Waals surface area contributed by atoms with Crippen molar-refractivity contribution in [2.45, 2.75) is 13.8 Å². The summed E-state index contributed by atoms with van der Waals surface area (Å²) in [5.41, 5.74) is 0.751. The van der Waals surface area contributed by atoms with Crippen molar-refractivity contribution in [3.8, 4) is 12.1 Å². The van der Waals surface area contributed by atoms with Gasteiger partial charge in [0.05, 0.1) is 10.1 Å². The molecule has 0 aliphatic carbocycles. The summed E-state index contributed by atoms with van der Waals surface area (Å²) in [6.45, 7) is 4.47. The first kappa shape index (κ1) is 25.1. The van der Waals surface area contributed by atoms with Crippen LogP contribution in [0.1, 0.15) is 13.8 Å². The Morgan fingerprint density at radius 2 is 1.09 bits per heavy atom. The standard InChI is InChI=1S/C24H24N6O2S/c1-3-27-23(19(15-25)21(31)29-17-11-7-5-8-12-17)33-24(28-4-2)20(16-26)22(32)30-18-13-9-6-10-14-18/h5-14,27-28H,3-4H2,1-2H3,(H,29,31)(H,30,32)/b23-19+,24-20+. The molecule has 168 valence electrons. The van der Waals surface area contributed by atoms with Crippen LogP contribution in [0.25, 0.3) is 0 Å². The molecule has 2 aromatic carbocycles. The van der Waals surface area contributed by atoms with Crippen molar-refractivity contribution >= 4 is 35.0 Å². The Morgan fingerprint density at radius 3 is 1.39 bits per heavy atom. The highest BCUT2D eigenvalue weighted by atomic mass is 32.2. The molecule has 0 atom stereocenters. The number of carbonyl (C=O) groups excluding carboxylic acids is 2. The molecule has 0 heterocycles. The summed E-state index contributed by atoms with van der Waals surface area (Å²) in [5, 5.41) is 31.2. The van der Waals surface area contributed by atoms with Crippen LogP contribution in [0, 0.1) is 22.7 Å². The lowest BCUT2D eigenvalue weighted by atomic mass is 10.2. The summed E-state index contributed by atoms with van der Waals surface area (Å²) in [4.78, 5) is 25.6. The second kappa shape index (κ2) is 13.3. The van der Waals surface area contributed by atoms with Crippen molar-refractivity contribution in [2.24, 2.45) is 0 Å². The molecule has 33 heavy (non-hydrogen) atoms. The van der Waals surface area contributed by atoms with E-state index in [0.717, 1.165) is 11.8 Å². The Hall–Kier alpha value is -4.21. The lowest BCUT2D eigenvalue weighted by Gasteiger charge is -2.16. The average Bonchev–Trinajstić information content (AvgIpc) is 2.81. The third-order valence-electron chi connectivity index (χ3n) is 4.07. The first-order chi connectivity index (χ1) is 16.0. The number of hydrogen-bond acceptors (Lipinski definition) is 7. The van der Waals surface area contributed by atoms with Gasteiger partial charge in [-0.3, -0.25) is 9.59 Å². The van der Waals surface area contributed by atoms with Crippen LogP contribution in [0.3, 0.4) is 0 Å². The molecule has 0 bridgehead atoms. The van der Waals surface area contributed by atoms with Gasteiger partial charge in [0, 0.05) is 24.5 Å². The second-order valence-electron chi connectivity index (χ2n) is 6.43. The Morgan fingerprint density at radius 1 is 0.727 bits per heavy atom. The maximum Gasteiger partial charge on any atom is 0.269 e. The van der Waals surface area contributed by atoms with Gasteiger partial charge in [0.2, 0.25) is 0 Å². The number of hydrogen-bond donors (Lipinski definition) is 4. The molecule has 0 aliphatic rings. The van der Waals surface area contributed by atoms with Gasteiger partial charge < -0.3 is 21.3 Å². The summed E-state index contributed by atoms with van der Waals surface area (Å²) in [6.07, 6.45) is 0. The Bertz CT molecular complexity index is 1030. The zero-order chi connectivity index (χ0) is 24.1. The van der Waals surface area contributed by atoms with E-state index in [2.05, 4.69) is 21.3 Å². The minimum atomic E-state index is -0.602. The highest BCUT2D eigenvalue weighted by molar-refractivity contribution is 8.06. The quantitative estimate of drug-likeness (QED) is 0.314. The van der Waals surface area contributed by atoms with Crippen molar-refractivity contribution in [3.05, 3.63) is 81.9 Å². The summed E-state index contributed by atoms with van der Waals surface area (Å²) >= 11 is 0.953. The van der Waals surface area contributed by atoms with Gasteiger partial charge in [0.15, 0.2) is 0 Å². The fourth-order valence-corrected chi connectivity index (χ4v) is 3.73. The molecule has 0 aliphatic heterocycles. The number of anilines is 2. The molecular formula is C24H24N6O2S. The Labute approximate surface area is 197 Å². The van der Waals surface area contributed by atoms with Crippen LogP contribution in [0.2, 0.25) is 0 Å². The molecule has 0 saturated heterocycles. The highest BCUT2D eigenvalue weighted by Gasteiger charge is 2.22. The van der Waals surface area contributed by atoms with E-state index in [0.29, 0.717) is 24.5 Å². The van der Waals surface area contributed by atoms with Crippen LogP contribution in [0.5, 0.6) is 0 Å². The second-order valence-corrected chi connectivity index (χ2v) is 7.46. The number of rotatable bonds is 10. The van der Waals surface area contributed by atoms with Crippen LogP contribution in [0.4, 0.5) is 11.4 Å². The molecule has 8 nitrogen and oxygen atoms in total. The third kappa shape index (κ3) is 7.46. The van der Waals surface area contributed by atoms with Crippen molar-refractivity contribution in [2.75, 3.05) is 23.7 Å². The number of nitrogens with one attached hydrogen (secondary N) is 4. The normalized spacial score (nSPS) is 11.6. The van der Waals surface area contributed by atoms with Crippen LogP contribution in [-0.2, 0) is 9.59 Å². The van der Waals surface area contributed by atoms with Gasteiger partial charge in [-0.25, -0.2) is 0 Å². The lowest BCUT2D eigenvalue weighted by molar-refractivity contribution is -0.113. The number of benzene rings is 2. The number of para-hydroxylation sites is 2. The predicted octanol–water partition coefficient (Wildman–Crippen LogP) is 3.69. The number of carbonyl (C=O) groups is 2. The zero-order valence-electron chi connectivity index (χ0n) is 18.3. The van der Waals surface area contributed by atoms with Crippen LogP contribution < -0.4 is 21.3 Å². The number of amides is 2. The molecule has 0 radical (unpaired) electrons. The minimum absolute atomic E-state index is 0.165. The molecule has 2 aromatic rings. The van der Waals surface area contributed by atoms with Crippen molar-refractivity contribution in [3.63, 3.8) is 0 Å². The van der Waals surface area contributed by atoms with E-state index in [4.69, 9.17) is 0 Å². The molecule has 2 rings (SSSR count). The van der Waals surface area contributed by atoms with Gasteiger partial charge in [-0.2, -0.15) is 10.5 Å². The van der Waals surface area contributed by atoms with E-state index in [9.17, 15) is 20.1 Å². The SMILES string of the molecule is CCN/C(S/C(NCC)=C(\C#N)C(=O)Nc1ccccc1)=C(/C#N)C(=O)Nc1ccccc1. The molecule has 9 heteroatoms. The smallest absolute Gasteiger partial charge is 0.269 e. The number of thioether (sulfide) groups is 1. The summed E-state index contributed by atoms with van der Waals surface area (Å²) in [7, 11) is 0. The fourth-order valence-electron chi connectivity index (χ4n) is 2.61. The van der Waals surface area contributed by atoms with Gasteiger partial charge in [0.25, 0.3) is 11.8 Å². The predicted molar refractivity (Wildman–Crippen MR) is 130 cm³/mol. The first-order valence-electron chi connectivity index (χ1n) is 10.2. The largest absolute Gasteiger partial charge is 0.379 e. The summed E-state index contributed by atoms with van der Waals surface area (Å²) in [5.74, 6) is -1.20. The number of nitrogens with zero attached hydrogens (tertiary/aromatic N) is 2. The van der Waals surface area contributed by atoms with Crippen molar-refractivity contribution < 1.29 is 9.59 Å². The third-order valence-corrected chi connectivity index (χ3v) is 5.18. The fraction of sp³-hybridized carbons (Fsp3) is 0.167. The van der Waals surface area contributed by atoms with Crippen LogP contribution in [-0.4, -0.2) is 24.9 Å².